The SMILES string of the molecule is C=C(CO)[C@@H]1CC(=O)[C@H]2CC[C@@H](O[C@@H]3O[C@H](CO)[C@@H](O)[C@H](O)[C@H]3O)[C@H](C)[C@@]2(C)C1. The highest BCUT2D eigenvalue weighted by Crippen LogP contribution is 2.55. The highest BCUT2D eigenvalue weighted by Gasteiger charge is 2.54. The van der Waals surface area contributed by atoms with Crippen molar-refractivity contribution in [3.05, 3.63) is 12.2 Å². The van der Waals surface area contributed by atoms with Gasteiger partial charge in [0.15, 0.2) is 6.29 Å². The second kappa shape index (κ2) is 8.70. The summed E-state index contributed by atoms with van der Waals surface area (Å²) in [5.41, 5.74) is 0.317. The third-order valence-corrected chi connectivity index (χ3v) is 7.59. The highest BCUT2D eigenvalue weighted by atomic mass is 16.7. The van der Waals surface area contributed by atoms with Gasteiger partial charge in [-0.3, -0.25) is 4.79 Å². The van der Waals surface area contributed by atoms with E-state index in [2.05, 4.69) is 13.5 Å². The Morgan fingerprint density at radius 1 is 1.21 bits per heavy atom. The van der Waals surface area contributed by atoms with Gasteiger partial charge < -0.3 is 35.0 Å². The average Bonchev–Trinajstić information content (AvgIpc) is 2.70. The third-order valence-electron chi connectivity index (χ3n) is 7.59. The number of hydrogen-bond acceptors (Lipinski definition) is 8. The molecule has 2 aliphatic carbocycles. The fourth-order valence-corrected chi connectivity index (χ4v) is 5.45. The number of fused-ring (bicyclic) bond motifs is 1. The van der Waals surface area contributed by atoms with Crippen LogP contribution >= 0.6 is 0 Å². The molecule has 2 saturated carbocycles. The summed E-state index contributed by atoms with van der Waals surface area (Å²) in [7, 11) is 0. The molecule has 0 aromatic rings. The van der Waals surface area contributed by atoms with Gasteiger partial charge in [-0.1, -0.05) is 20.4 Å². The van der Waals surface area contributed by atoms with Crippen LogP contribution in [0.2, 0.25) is 0 Å². The van der Waals surface area contributed by atoms with E-state index >= 15 is 0 Å². The van der Waals surface area contributed by atoms with Gasteiger partial charge in [0.1, 0.15) is 30.2 Å². The van der Waals surface area contributed by atoms with Crippen LogP contribution in [0.3, 0.4) is 0 Å². The summed E-state index contributed by atoms with van der Waals surface area (Å²) in [5.74, 6) is -0.0135. The van der Waals surface area contributed by atoms with Crippen LogP contribution < -0.4 is 0 Å². The fraction of sp³-hybridized carbons (Fsp3) is 0.857. The zero-order chi connectivity index (χ0) is 21.5. The Kier molecular flexibility index (Phi) is 6.85. The fourth-order valence-electron chi connectivity index (χ4n) is 5.45. The first-order chi connectivity index (χ1) is 13.6. The van der Waals surface area contributed by atoms with Gasteiger partial charge in [-0.15, -0.1) is 0 Å². The van der Waals surface area contributed by atoms with E-state index < -0.39 is 37.3 Å². The summed E-state index contributed by atoms with van der Waals surface area (Å²) in [4.78, 5) is 12.8. The molecule has 10 atom stereocenters. The molecule has 1 aliphatic heterocycles. The molecule has 0 bridgehead atoms. The molecule has 0 amide bonds. The minimum atomic E-state index is -1.48. The van der Waals surface area contributed by atoms with Crippen molar-refractivity contribution in [3.63, 3.8) is 0 Å². The van der Waals surface area contributed by atoms with Crippen molar-refractivity contribution >= 4 is 5.78 Å². The second-order valence-corrected chi connectivity index (χ2v) is 9.18. The number of ether oxygens (including phenoxy) is 2. The number of carbonyl (C=O) groups is 1. The predicted molar refractivity (Wildman–Crippen MR) is 103 cm³/mol. The molecule has 8 heteroatoms. The molecular weight excluding hydrogens is 380 g/mol. The molecule has 0 radical (unpaired) electrons. The topological polar surface area (TPSA) is 137 Å². The van der Waals surface area contributed by atoms with Crippen LogP contribution in [-0.2, 0) is 14.3 Å². The van der Waals surface area contributed by atoms with E-state index in [4.69, 9.17) is 9.47 Å². The second-order valence-electron chi connectivity index (χ2n) is 9.18. The van der Waals surface area contributed by atoms with E-state index in [9.17, 15) is 30.3 Å². The normalized spacial score (nSPS) is 48.2. The first-order valence-electron chi connectivity index (χ1n) is 10.4. The van der Waals surface area contributed by atoms with Crippen LogP contribution in [0, 0.1) is 23.2 Å². The van der Waals surface area contributed by atoms with Crippen molar-refractivity contribution in [2.45, 2.75) is 76.3 Å². The van der Waals surface area contributed by atoms with Gasteiger partial charge in [-0.25, -0.2) is 0 Å². The Balaban J connectivity index is 1.76. The molecule has 3 fully saturated rings. The van der Waals surface area contributed by atoms with Gasteiger partial charge in [0, 0.05) is 12.3 Å². The van der Waals surface area contributed by atoms with E-state index in [0.717, 1.165) is 6.42 Å². The maximum absolute atomic E-state index is 12.8. The van der Waals surface area contributed by atoms with Crippen molar-refractivity contribution in [2.75, 3.05) is 13.2 Å². The molecule has 1 heterocycles. The number of ketones is 1. The van der Waals surface area contributed by atoms with Crippen LogP contribution in [0.15, 0.2) is 12.2 Å². The third kappa shape index (κ3) is 4.04. The molecule has 0 unspecified atom stereocenters. The van der Waals surface area contributed by atoms with Crippen molar-refractivity contribution in [3.8, 4) is 0 Å². The Hall–Kier alpha value is -0.870. The molecule has 1 saturated heterocycles. The van der Waals surface area contributed by atoms with Gasteiger partial charge in [-0.2, -0.15) is 0 Å². The lowest BCUT2D eigenvalue weighted by Gasteiger charge is -2.54. The lowest BCUT2D eigenvalue weighted by atomic mass is 9.52. The molecule has 29 heavy (non-hydrogen) atoms. The minimum absolute atomic E-state index is 0.0492. The monoisotopic (exact) mass is 414 g/mol. The van der Waals surface area contributed by atoms with E-state index in [1.54, 1.807) is 0 Å². The molecule has 0 spiro atoms. The highest BCUT2D eigenvalue weighted by molar-refractivity contribution is 5.83. The van der Waals surface area contributed by atoms with Crippen molar-refractivity contribution in [1.82, 2.24) is 0 Å². The van der Waals surface area contributed by atoms with Crippen LogP contribution in [0.25, 0.3) is 0 Å². The van der Waals surface area contributed by atoms with Gasteiger partial charge in [-0.05, 0) is 42.1 Å². The Morgan fingerprint density at radius 2 is 1.90 bits per heavy atom. The summed E-state index contributed by atoms with van der Waals surface area (Å²) in [5, 5.41) is 49.1. The summed E-state index contributed by atoms with van der Waals surface area (Å²) in [6, 6.07) is 0. The smallest absolute Gasteiger partial charge is 0.186 e. The van der Waals surface area contributed by atoms with E-state index in [0.29, 0.717) is 24.8 Å². The number of aliphatic hydroxyl groups excluding tert-OH is 5. The quantitative estimate of drug-likeness (QED) is 0.307. The van der Waals surface area contributed by atoms with Crippen LogP contribution in [-0.4, -0.2) is 81.3 Å². The molecule has 3 aliphatic rings. The van der Waals surface area contributed by atoms with Crippen molar-refractivity contribution in [2.24, 2.45) is 23.2 Å². The number of Topliss-reactive ketones (excluding diaryl/α,β-unsaturated/α-hetero) is 1. The standard InChI is InChI=1S/C21H34O8/c1-10(8-22)12-6-14(24)13-4-5-15(11(2)21(13,3)7-12)28-20-19(27)18(26)17(25)16(9-23)29-20/h11-13,15-20,22-23,25-27H,1,4-9H2,2-3H3/t11-,12+,13+,15+,16+,17+,18-,19+,20+,21+/m0/s1. The number of aliphatic hydroxyl groups is 5. The zero-order valence-corrected chi connectivity index (χ0v) is 17.1. The summed E-state index contributed by atoms with van der Waals surface area (Å²) >= 11 is 0. The minimum Gasteiger partial charge on any atom is -0.394 e. The van der Waals surface area contributed by atoms with Crippen LogP contribution in [0.5, 0.6) is 0 Å². The molecule has 8 nitrogen and oxygen atoms in total. The molecule has 5 N–H and O–H groups in total. The lowest BCUT2D eigenvalue weighted by molar-refractivity contribution is -0.320. The summed E-state index contributed by atoms with van der Waals surface area (Å²) in [6.07, 6.45) is -4.50. The first kappa shape index (κ1) is 22.8. The Labute approximate surface area is 171 Å². The largest absolute Gasteiger partial charge is 0.394 e. The zero-order valence-electron chi connectivity index (χ0n) is 17.1. The van der Waals surface area contributed by atoms with E-state index in [-0.39, 0.29) is 41.7 Å². The summed E-state index contributed by atoms with van der Waals surface area (Å²) in [6.45, 7) is 7.35. The average molecular weight is 414 g/mol. The molecular formula is C21H34O8. The Morgan fingerprint density at radius 3 is 2.52 bits per heavy atom. The van der Waals surface area contributed by atoms with Crippen molar-refractivity contribution < 1.29 is 39.8 Å². The van der Waals surface area contributed by atoms with Gasteiger partial charge >= 0.3 is 0 Å². The number of hydrogen-bond donors (Lipinski definition) is 5. The van der Waals surface area contributed by atoms with E-state index in [1.165, 1.54) is 0 Å². The van der Waals surface area contributed by atoms with Crippen LogP contribution in [0.4, 0.5) is 0 Å². The lowest BCUT2D eigenvalue weighted by Crippen LogP contribution is -2.61. The van der Waals surface area contributed by atoms with Gasteiger partial charge in [0.25, 0.3) is 0 Å². The Bertz CT molecular complexity index is 622. The molecule has 166 valence electrons. The number of rotatable bonds is 5. The summed E-state index contributed by atoms with van der Waals surface area (Å²) < 4.78 is 11.5. The van der Waals surface area contributed by atoms with E-state index in [1.807, 2.05) is 6.92 Å². The maximum atomic E-state index is 12.8. The number of carbonyl (C=O) groups excluding carboxylic acids is 1. The molecule has 0 aromatic heterocycles. The first-order valence-corrected chi connectivity index (χ1v) is 10.4. The molecule has 3 rings (SSSR count). The van der Waals surface area contributed by atoms with Crippen molar-refractivity contribution in [1.29, 1.82) is 0 Å². The van der Waals surface area contributed by atoms with Gasteiger partial charge in [0.2, 0.25) is 0 Å². The van der Waals surface area contributed by atoms with Crippen LogP contribution in [0.1, 0.15) is 39.5 Å². The molecule has 0 aromatic carbocycles. The maximum Gasteiger partial charge on any atom is 0.186 e. The van der Waals surface area contributed by atoms with Gasteiger partial charge in [0.05, 0.1) is 19.3 Å². The predicted octanol–water partition coefficient (Wildman–Crippen LogP) is -0.248.